The van der Waals surface area contributed by atoms with Crippen LogP contribution >= 0.6 is 11.6 Å². The molecule has 2 aromatic heterocycles. The summed E-state index contributed by atoms with van der Waals surface area (Å²) in [4.78, 5) is 29.0. The zero-order valence-electron chi connectivity index (χ0n) is 17.6. The van der Waals surface area contributed by atoms with Gasteiger partial charge in [0.05, 0.1) is 31.9 Å². The lowest BCUT2D eigenvalue weighted by molar-refractivity contribution is -0.134. The number of para-hydroxylation sites is 1. The third kappa shape index (κ3) is 4.66. The number of benzene rings is 1. The van der Waals surface area contributed by atoms with Crippen molar-refractivity contribution < 1.29 is 28.9 Å². The van der Waals surface area contributed by atoms with Crippen LogP contribution < -0.4 is 9.47 Å². The number of aliphatic hydroxyl groups excluding tert-OH is 1. The van der Waals surface area contributed by atoms with E-state index in [4.69, 9.17) is 21.1 Å². The standard InChI is InChI=1S/C23H21ClN2O6/c1-30-18-8-4-7-16(22(18)32-3)20(28)21(29)17-12-14(24)13-25-23(17)26-11-5-6-15(26)9-10-19(27)31-2/h4-13,21,29H,1-3H3/b10-9+. The van der Waals surface area contributed by atoms with Crippen LogP contribution in [0.4, 0.5) is 0 Å². The Morgan fingerprint density at radius 2 is 1.94 bits per heavy atom. The minimum absolute atomic E-state index is 0.142. The summed E-state index contributed by atoms with van der Waals surface area (Å²) in [5.41, 5.74) is 0.893. The van der Waals surface area contributed by atoms with E-state index in [1.165, 1.54) is 51.8 Å². The molecule has 0 radical (unpaired) electrons. The predicted octanol–water partition coefficient (Wildman–Crippen LogP) is 3.65. The Morgan fingerprint density at radius 3 is 2.62 bits per heavy atom. The van der Waals surface area contributed by atoms with Crippen LogP contribution in [0.2, 0.25) is 5.02 Å². The topological polar surface area (TPSA) is 99.9 Å². The number of nitrogens with zero attached hydrogens (tertiary/aromatic N) is 2. The summed E-state index contributed by atoms with van der Waals surface area (Å²) in [6.45, 7) is 0. The molecule has 0 fully saturated rings. The molecule has 32 heavy (non-hydrogen) atoms. The Hall–Kier alpha value is -3.62. The smallest absolute Gasteiger partial charge is 0.330 e. The number of methoxy groups -OCH3 is 3. The van der Waals surface area contributed by atoms with Crippen LogP contribution in [0.5, 0.6) is 11.5 Å². The molecule has 0 amide bonds. The van der Waals surface area contributed by atoms with Crippen molar-refractivity contribution in [3.63, 3.8) is 0 Å². The number of carbonyl (C=O) groups excluding carboxylic acids is 2. The van der Waals surface area contributed by atoms with Gasteiger partial charge in [-0.15, -0.1) is 0 Å². The first-order valence-corrected chi connectivity index (χ1v) is 9.81. The molecule has 3 aromatic rings. The van der Waals surface area contributed by atoms with Gasteiger partial charge in [-0.05, 0) is 36.4 Å². The third-order valence-electron chi connectivity index (χ3n) is 4.67. The number of ether oxygens (including phenoxy) is 3. The van der Waals surface area contributed by atoms with Gasteiger partial charge in [0.1, 0.15) is 11.9 Å². The molecule has 1 aromatic carbocycles. The molecule has 0 aliphatic carbocycles. The largest absolute Gasteiger partial charge is 0.493 e. The lowest BCUT2D eigenvalue weighted by Gasteiger charge is -2.18. The molecule has 0 saturated carbocycles. The van der Waals surface area contributed by atoms with Gasteiger partial charge in [0.15, 0.2) is 17.3 Å². The number of hydrogen-bond donors (Lipinski definition) is 1. The van der Waals surface area contributed by atoms with E-state index in [9.17, 15) is 14.7 Å². The van der Waals surface area contributed by atoms with Crippen LogP contribution in [0.3, 0.4) is 0 Å². The fourth-order valence-corrected chi connectivity index (χ4v) is 3.33. The van der Waals surface area contributed by atoms with Crippen molar-refractivity contribution in [1.29, 1.82) is 0 Å². The molecular formula is C23H21ClN2O6. The number of ketones is 1. The van der Waals surface area contributed by atoms with Gasteiger partial charge in [-0.3, -0.25) is 4.79 Å². The van der Waals surface area contributed by atoms with E-state index < -0.39 is 17.9 Å². The quantitative estimate of drug-likeness (QED) is 0.314. The summed E-state index contributed by atoms with van der Waals surface area (Å²) < 4.78 is 16.8. The average Bonchev–Trinajstić information content (AvgIpc) is 3.29. The van der Waals surface area contributed by atoms with Gasteiger partial charge in [0.2, 0.25) is 0 Å². The van der Waals surface area contributed by atoms with E-state index in [1.807, 2.05) is 0 Å². The summed E-state index contributed by atoms with van der Waals surface area (Å²) in [7, 11) is 4.14. The molecule has 0 aliphatic heterocycles. The van der Waals surface area contributed by atoms with E-state index in [0.29, 0.717) is 11.4 Å². The molecule has 3 rings (SSSR count). The van der Waals surface area contributed by atoms with E-state index >= 15 is 0 Å². The zero-order valence-corrected chi connectivity index (χ0v) is 18.4. The van der Waals surface area contributed by atoms with Crippen molar-refractivity contribution in [2.45, 2.75) is 6.10 Å². The van der Waals surface area contributed by atoms with Gasteiger partial charge >= 0.3 is 5.97 Å². The second-order valence-corrected chi connectivity index (χ2v) is 6.97. The summed E-state index contributed by atoms with van der Waals surface area (Å²) in [5.74, 6) is -0.312. The minimum atomic E-state index is -1.60. The first-order chi connectivity index (χ1) is 15.4. The van der Waals surface area contributed by atoms with Gasteiger partial charge in [-0.2, -0.15) is 0 Å². The molecule has 0 aliphatic rings. The van der Waals surface area contributed by atoms with Crippen molar-refractivity contribution in [2.24, 2.45) is 0 Å². The van der Waals surface area contributed by atoms with Gasteiger partial charge in [0.25, 0.3) is 0 Å². The van der Waals surface area contributed by atoms with Gasteiger partial charge < -0.3 is 23.9 Å². The normalized spacial score (nSPS) is 11.9. The SMILES string of the molecule is COC(=O)/C=C/c1cccn1-c1ncc(Cl)cc1C(O)C(=O)c1cccc(OC)c1OC. The maximum atomic E-state index is 13.2. The summed E-state index contributed by atoms with van der Waals surface area (Å²) in [5, 5.41) is 11.3. The van der Waals surface area contributed by atoms with Crippen LogP contribution in [0.15, 0.2) is 54.9 Å². The second kappa shape index (κ2) is 10.1. The molecule has 1 atom stereocenters. The molecule has 2 heterocycles. The molecule has 1 unspecified atom stereocenters. The minimum Gasteiger partial charge on any atom is -0.493 e. The number of carbonyl (C=O) groups is 2. The van der Waals surface area contributed by atoms with E-state index in [1.54, 1.807) is 35.0 Å². The number of halogens is 1. The molecule has 166 valence electrons. The first kappa shape index (κ1) is 23.1. The van der Waals surface area contributed by atoms with Gasteiger partial charge in [-0.1, -0.05) is 17.7 Å². The summed E-state index contributed by atoms with van der Waals surface area (Å²) in [6, 6.07) is 9.74. The average molecular weight is 457 g/mol. The molecule has 0 saturated heterocycles. The Labute approximate surface area is 189 Å². The first-order valence-electron chi connectivity index (χ1n) is 9.43. The number of pyridine rings is 1. The maximum Gasteiger partial charge on any atom is 0.330 e. The fourth-order valence-electron chi connectivity index (χ4n) is 3.16. The van der Waals surface area contributed by atoms with Crippen LogP contribution in [0.1, 0.15) is 27.7 Å². The highest BCUT2D eigenvalue weighted by Gasteiger charge is 2.28. The number of esters is 1. The highest BCUT2D eigenvalue weighted by atomic mass is 35.5. The zero-order chi connectivity index (χ0) is 23.3. The third-order valence-corrected chi connectivity index (χ3v) is 4.88. The monoisotopic (exact) mass is 456 g/mol. The number of aromatic nitrogens is 2. The fraction of sp³-hybridized carbons (Fsp3) is 0.174. The van der Waals surface area contributed by atoms with Gasteiger partial charge in [0, 0.05) is 29.7 Å². The molecule has 0 spiro atoms. The highest BCUT2D eigenvalue weighted by molar-refractivity contribution is 6.30. The molecule has 8 nitrogen and oxygen atoms in total. The summed E-state index contributed by atoms with van der Waals surface area (Å²) >= 11 is 6.13. The Kier molecular flexibility index (Phi) is 7.29. The van der Waals surface area contributed by atoms with Gasteiger partial charge in [-0.25, -0.2) is 9.78 Å². The molecule has 0 bridgehead atoms. The maximum absolute atomic E-state index is 13.2. The number of Topliss-reactive ketones (excluding diaryl/α,β-unsaturated/α-hetero) is 1. The van der Waals surface area contributed by atoms with Crippen LogP contribution in [-0.2, 0) is 9.53 Å². The molecule has 1 N–H and O–H groups in total. The van der Waals surface area contributed by atoms with Crippen molar-refractivity contribution in [1.82, 2.24) is 9.55 Å². The predicted molar refractivity (Wildman–Crippen MR) is 118 cm³/mol. The van der Waals surface area contributed by atoms with E-state index in [2.05, 4.69) is 9.72 Å². The second-order valence-electron chi connectivity index (χ2n) is 6.53. The van der Waals surface area contributed by atoms with E-state index in [0.717, 1.165) is 0 Å². The highest BCUT2D eigenvalue weighted by Crippen LogP contribution is 2.35. The number of hydrogen-bond acceptors (Lipinski definition) is 7. The van der Waals surface area contributed by atoms with Crippen molar-refractivity contribution in [3.8, 4) is 17.3 Å². The number of aliphatic hydroxyl groups is 1. The Bertz CT molecular complexity index is 1170. The lowest BCUT2D eigenvalue weighted by Crippen LogP contribution is -2.17. The lowest BCUT2D eigenvalue weighted by atomic mass is 9.99. The Morgan fingerprint density at radius 1 is 1.16 bits per heavy atom. The van der Waals surface area contributed by atoms with E-state index in [-0.39, 0.29) is 27.7 Å². The van der Waals surface area contributed by atoms with Crippen molar-refractivity contribution in [3.05, 3.63) is 76.7 Å². The number of rotatable bonds is 8. The molecular weight excluding hydrogens is 436 g/mol. The van der Waals surface area contributed by atoms with Crippen molar-refractivity contribution in [2.75, 3.05) is 21.3 Å². The van der Waals surface area contributed by atoms with Crippen molar-refractivity contribution >= 4 is 29.4 Å². The Balaban J connectivity index is 2.07. The molecule has 9 heteroatoms. The van der Waals surface area contributed by atoms with Crippen LogP contribution in [0.25, 0.3) is 11.9 Å². The van der Waals surface area contributed by atoms with Crippen LogP contribution in [0, 0.1) is 0 Å². The van der Waals surface area contributed by atoms with Crippen LogP contribution in [-0.4, -0.2) is 47.7 Å². The summed E-state index contributed by atoms with van der Waals surface area (Å²) in [6.07, 6.45) is 4.27.